The Hall–Kier alpha value is -0.850. The van der Waals surface area contributed by atoms with Crippen LogP contribution in [-0.4, -0.2) is 119 Å². The van der Waals surface area contributed by atoms with Gasteiger partial charge in [-0.25, -0.2) is 0 Å². The molecule has 0 aliphatic rings. The first-order chi connectivity index (χ1) is 17.8. The van der Waals surface area contributed by atoms with Crippen molar-refractivity contribution in [1.82, 2.24) is 0 Å². The molecular formula is C26H52O10. The number of rotatable bonds is 31. The van der Waals surface area contributed by atoms with Crippen LogP contribution in [0.3, 0.4) is 0 Å². The van der Waals surface area contributed by atoms with E-state index < -0.39 is 0 Å². The zero-order chi connectivity index (χ0) is 26.2. The van der Waals surface area contributed by atoms with Crippen LogP contribution in [0.1, 0.15) is 51.9 Å². The molecule has 0 aromatic carbocycles. The molecule has 0 aliphatic carbocycles. The molecule has 10 nitrogen and oxygen atoms in total. The fourth-order valence-corrected chi connectivity index (χ4v) is 2.88. The normalized spacial score (nSPS) is 11.3. The molecule has 216 valence electrons. The largest absolute Gasteiger partial charge is 0.469 e. The van der Waals surface area contributed by atoms with Crippen LogP contribution in [-0.2, 0) is 47.4 Å². The highest BCUT2D eigenvalue weighted by Gasteiger charge is 1.99. The van der Waals surface area contributed by atoms with Gasteiger partial charge >= 0.3 is 5.97 Å². The Morgan fingerprint density at radius 2 is 0.722 bits per heavy atom. The summed E-state index contributed by atoms with van der Waals surface area (Å²) >= 11 is 0. The van der Waals surface area contributed by atoms with Gasteiger partial charge < -0.3 is 42.6 Å². The zero-order valence-corrected chi connectivity index (χ0v) is 22.8. The van der Waals surface area contributed by atoms with E-state index in [0.29, 0.717) is 99.1 Å². The zero-order valence-electron chi connectivity index (χ0n) is 22.8. The number of unbranched alkanes of at least 4 members (excludes halogenated alkanes) is 5. The second-order valence-corrected chi connectivity index (χ2v) is 7.99. The molecule has 0 atom stereocenters. The third kappa shape index (κ3) is 31.2. The summed E-state index contributed by atoms with van der Waals surface area (Å²) in [4.78, 5) is 10.9. The summed E-state index contributed by atoms with van der Waals surface area (Å²) in [5, 5.41) is 0. The second kappa shape index (κ2) is 32.2. The van der Waals surface area contributed by atoms with E-state index in [1.807, 2.05) is 0 Å². The van der Waals surface area contributed by atoms with E-state index in [2.05, 4.69) is 11.7 Å². The summed E-state index contributed by atoms with van der Waals surface area (Å²) in [5.41, 5.74) is 0. The highest BCUT2D eigenvalue weighted by Crippen LogP contribution is 2.04. The smallest absolute Gasteiger partial charge is 0.307 e. The van der Waals surface area contributed by atoms with Crippen molar-refractivity contribution in [3.8, 4) is 0 Å². The van der Waals surface area contributed by atoms with E-state index in [0.717, 1.165) is 13.0 Å². The molecule has 0 saturated heterocycles. The molecule has 0 spiro atoms. The Bertz CT molecular complexity index is 426. The van der Waals surface area contributed by atoms with Crippen molar-refractivity contribution >= 4 is 5.97 Å². The van der Waals surface area contributed by atoms with Gasteiger partial charge in [-0.15, -0.1) is 0 Å². The first-order valence-corrected chi connectivity index (χ1v) is 13.5. The maximum Gasteiger partial charge on any atom is 0.307 e. The van der Waals surface area contributed by atoms with Gasteiger partial charge in [-0.3, -0.25) is 4.79 Å². The van der Waals surface area contributed by atoms with Crippen molar-refractivity contribution in [2.24, 2.45) is 0 Å². The van der Waals surface area contributed by atoms with Gasteiger partial charge in [0.2, 0.25) is 0 Å². The SMILES string of the molecule is CCCCCCCCOCCOCCOCCOCCOCCOCCOCCOCCC(=O)OC. The van der Waals surface area contributed by atoms with E-state index in [1.165, 1.54) is 39.2 Å². The monoisotopic (exact) mass is 524 g/mol. The molecule has 36 heavy (non-hydrogen) atoms. The number of esters is 1. The summed E-state index contributed by atoms with van der Waals surface area (Å²) in [6, 6.07) is 0. The lowest BCUT2D eigenvalue weighted by atomic mass is 10.1. The van der Waals surface area contributed by atoms with Crippen molar-refractivity contribution in [3.05, 3.63) is 0 Å². The molecule has 0 aromatic rings. The Balaban J connectivity index is 3.03. The molecule has 10 heteroatoms. The molecule has 0 aromatic heterocycles. The number of carbonyl (C=O) groups is 1. The van der Waals surface area contributed by atoms with Gasteiger partial charge in [-0.1, -0.05) is 39.0 Å². The molecule has 0 heterocycles. The Morgan fingerprint density at radius 3 is 1.08 bits per heavy atom. The Kier molecular flexibility index (Phi) is 31.4. The highest BCUT2D eigenvalue weighted by molar-refractivity contribution is 5.69. The first-order valence-electron chi connectivity index (χ1n) is 13.5. The molecule has 0 bridgehead atoms. The van der Waals surface area contributed by atoms with Crippen LogP contribution < -0.4 is 0 Å². The van der Waals surface area contributed by atoms with Gasteiger partial charge in [-0.2, -0.15) is 0 Å². The maximum atomic E-state index is 10.9. The van der Waals surface area contributed by atoms with Crippen molar-refractivity contribution in [2.75, 3.05) is 113 Å². The number of carbonyl (C=O) groups excluding carboxylic acids is 1. The topological polar surface area (TPSA) is 100 Å². The standard InChI is InChI=1S/C26H52O10/c1-3-4-5-6-7-8-10-29-12-14-31-16-18-33-20-22-35-24-25-36-23-21-34-19-17-32-15-13-30-11-9-26(27)28-2/h3-25H2,1-2H3. The lowest BCUT2D eigenvalue weighted by Gasteiger charge is -2.08. The fourth-order valence-electron chi connectivity index (χ4n) is 2.88. The van der Waals surface area contributed by atoms with E-state index in [-0.39, 0.29) is 12.4 Å². The third-order valence-corrected chi connectivity index (χ3v) is 4.92. The van der Waals surface area contributed by atoms with E-state index in [4.69, 9.17) is 37.9 Å². The van der Waals surface area contributed by atoms with Crippen molar-refractivity contribution in [2.45, 2.75) is 51.9 Å². The molecule has 0 unspecified atom stereocenters. The van der Waals surface area contributed by atoms with Crippen molar-refractivity contribution in [1.29, 1.82) is 0 Å². The van der Waals surface area contributed by atoms with E-state index in [1.54, 1.807) is 0 Å². The van der Waals surface area contributed by atoms with Crippen LogP contribution in [0, 0.1) is 0 Å². The minimum absolute atomic E-state index is 0.254. The van der Waals surface area contributed by atoms with Gasteiger partial charge in [0.05, 0.1) is 113 Å². The van der Waals surface area contributed by atoms with Crippen LogP contribution in [0.4, 0.5) is 0 Å². The molecule has 0 amide bonds. The molecule has 0 saturated carbocycles. The summed E-state index contributed by atoms with van der Waals surface area (Å²) in [5.74, 6) is -0.278. The molecule has 0 N–H and O–H groups in total. The maximum absolute atomic E-state index is 10.9. The molecule has 0 rings (SSSR count). The van der Waals surface area contributed by atoms with Gasteiger partial charge in [0.15, 0.2) is 0 Å². The summed E-state index contributed by atoms with van der Waals surface area (Å²) in [6.07, 6.45) is 7.94. The fraction of sp³-hybridized carbons (Fsp3) is 0.962. The number of hydrogen-bond donors (Lipinski definition) is 0. The van der Waals surface area contributed by atoms with Crippen molar-refractivity contribution < 1.29 is 47.4 Å². The highest BCUT2D eigenvalue weighted by atomic mass is 16.6. The summed E-state index contributed by atoms with van der Waals surface area (Å²) in [6.45, 7) is 10.8. The minimum atomic E-state index is -0.278. The van der Waals surface area contributed by atoms with Gasteiger partial charge in [0.25, 0.3) is 0 Å². The van der Waals surface area contributed by atoms with Crippen molar-refractivity contribution in [3.63, 3.8) is 0 Å². The van der Waals surface area contributed by atoms with E-state index in [9.17, 15) is 4.79 Å². The number of hydrogen-bond acceptors (Lipinski definition) is 10. The predicted octanol–water partition coefficient (Wildman–Crippen LogP) is 3.04. The Morgan fingerprint density at radius 1 is 0.417 bits per heavy atom. The van der Waals surface area contributed by atoms with Crippen LogP contribution in [0.15, 0.2) is 0 Å². The van der Waals surface area contributed by atoms with Crippen LogP contribution >= 0.6 is 0 Å². The average molecular weight is 525 g/mol. The van der Waals surface area contributed by atoms with E-state index >= 15 is 0 Å². The predicted molar refractivity (Wildman–Crippen MR) is 137 cm³/mol. The van der Waals surface area contributed by atoms with Gasteiger partial charge in [0, 0.05) is 6.61 Å². The molecule has 0 fully saturated rings. The molecular weight excluding hydrogens is 472 g/mol. The lowest BCUT2D eigenvalue weighted by Crippen LogP contribution is -2.15. The minimum Gasteiger partial charge on any atom is -0.469 e. The summed E-state index contributed by atoms with van der Waals surface area (Å²) < 4.78 is 48.0. The van der Waals surface area contributed by atoms with Gasteiger partial charge in [0.1, 0.15) is 0 Å². The number of methoxy groups -OCH3 is 1. The third-order valence-electron chi connectivity index (χ3n) is 4.92. The first kappa shape index (κ1) is 35.2. The summed E-state index contributed by atoms with van der Waals surface area (Å²) in [7, 11) is 1.36. The molecule has 0 radical (unpaired) electrons. The van der Waals surface area contributed by atoms with Crippen LogP contribution in [0.25, 0.3) is 0 Å². The van der Waals surface area contributed by atoms with Crippen LogP contribution in [0.2, 0.25) is 0 Å². The Labute approximate surface area is 218 Å². The lowest BCUT2D eigenvalue weighted by molar-refractivity contribution is -0.141. The van der Waals surface area contributed by atoms with Gasteiger partial charge in [-0.05, 0) is 6.42 Å². The number of ether oxygens (including phenoxy) is 9. The second-order valence-electron chi connectivity index (χ2n) is 7.99. The average Bonchev–Trinajstić information content (AvgIpc) is 2.89. The van der Waals surface area contributed by atoms with Crippen LogP contribution in [0.5, 0.6) is 0 Å². The quantitative estimate of drug-likeness (QED) is 0.0994. The molecule has 0 aliphatic heterocycles.